The van der Waals surface area contributed by atoms with Gasteiger partial charge in [-0.1, -0.05) is 35.5 Å². The average Bonchev–Trinajstić information content (AvgIpc) is 2.36. The highest BCUT2D eigenvalue weighted by atomic mass is 32.2. The zero-order chi connectivity index (χ0) is 13.8. The molecule has 19 heavy (non-hydrogen) atoms. The van der Waals surface area contributed by atoms with Gasteiger partial charge in [0.2, 0.25) is 0 Å². The fourth-order valence-electron chi connectivity index (χ4n) is 2.21. The van der Waals surface area contributed by atoms with Gasteiger partial charge in [-0.2, -0.15) is 0 Å². The number of nitrogens with two attached hydrogens (primary N) is 1. The molecule has 0 heterocycles. The molecule has 0 fully saturated rings. The van der Waals surface area contributed by atoms with Crippen LogP contribution >= 0.6 is 11.8 Å². The second-order valence-electron chi connectivity index (χ2n) is 5.00. The molecule has 0 unspecified atom stereocenters. The molecule has 0 saturated heterocycles. The predicted octanol–water partition coefficient (Wildman–Crippen LogP) is 4.26. The van der Waals surface area contributed by atoms with Crippen LogP contribution in [0.15, 0.2) is 46.2 Å². The van der Waals surface area contributed by atoms with Gasteiger partial charge in [0.1, 0.15) is 0 Å². The molecule has 0 radical (unpaired) electrons. The average molecular weight is 271 g/mol. The Kier molecular flexibility index (Phi) is 4.67. The Morgan fingerprint density at radius 2 is 1.74 bits per heavy atom. The molecular formula is C17H21NS. The van der Waals surface area contributed by atoms with Crippen LogP contribution in [0.5, 0.6) is 0 Å². The van der Waals surface area contributed by atoms with E-state index in [1.165, 1.54) is 32.0 Å². The first-order valence-electron chi connectivity index (χ1n) is 6.65. The van der Waals surface area contributed by atoms with Crippen LogP contribution < -0.4 is 5.73 Å². The Morgan fingerprint density at radius 3 is 2.37 bits per heavy atom. The van der Waals surface area contributed by atoms with E-state index in [9.17, 15) is 0 Å². The van der Waals surface area contributed by atoms with E-state index in [4.69, 9.17) is 5.73 Å². The molecule has 100 valence electrons. The summed E-state index contributed by atoms with van der Waals surface area (Å²) in [4.78, 5) is 2.63. The maximum absolute atomic E-state index is 5.62. The van der Waals surface area contributed by atoms with Crippen molar-refractivity contribution in [2.45, 2.75) is 37.0 Å². The van der Waals surface area contributed by atoms with Gasteiger partial charge in [0, 0.05) is 9.79 Å². The highest BCUT2D eigenvalue weighted by Gasteiger charge is 2.04. The van der Waals surface area contributed by atoms with E-state index in [0.29, 0.717) is 6.54 Å². The third-order valence-electron chi connectivity index (χ3n) is 3.29. The Bertz CT molecular complexity index is 575. The van der Waals surface area contributed by atoms with E-state index in [0.717, 1.165) is 6.42 Å². The topological polar surface area (TPSA) is 26.0 Å². The van der Waals surface area contributed by atoms with Crippen LogP contribution in [0.25, 0.3) is 0 Å². The highest BCUT2D eigenvalue weighted by molar-refractivity contribution is 7.99. The van der Waals surface area contributed by atoms with Crippen LogP contribution in [0, 0.1) is 20.8 Å². The third kappa shape index (κ3) is 3.62. The van der Waals surface area contributed by atoms with E-state index in [1.807, 2.05) is 11.8 Å². The summed E-state index contributed by atoms with van der Waals surface area (Å²) in [5.41, 5.74) is 11.0. The van der Waals surface area contributed by atoms with Crippen molar-refractivity contribution in [3.8, 4) is 0 Å². The van der Waals surface area contributed by atoms with Gasteiger partial charge in [0.25, 0.3) is 0 Å². The summed E-state index contributed by atoms with van der Waals surface area (Å²) >= 11 is 1.83. The van der Waals surface area contributed by atoms with Gasteiger partial charge in [-0.25, -0.2) is 0 Å². The monoisotopic (exact) mass is 271 g/mol. The van der Waals surface area contributed by atoms with Crippen molar-refractivity contribution in [3.63, 3.8) is 0 Å². The molecule has 0 saturated carbocycles. The molecule has 2 N–H and O–H groups in total. The van der Waals surface area contributed by atoms with E-state index < -0.39 is 0 Å². The summed E-state index contributed by atoms with van der Waals surface area (Å²) in [7, 11) is 0. The maximum atomic E-state index is 5.62. The summed E-state index contributed by atoms with van der Waals surface area (Å²) in [5.74, 6) is 0. The van der Waals surface area contributed by atoms with Gasteiger partial charge in [0.05, 0.1) is 0 Å². The molecule has 0 amide bonds. The molecular weight excluding hydrogens is 250 g/mol. The van der Waals surface area contributed by atoms with Crippen molar-refractivity contribution >= 4 is 11.8 Å². The molecule has 0 aromatic heterocycles. The van der Waals surface area contributed by atoms with Crippen molar-refractivity contribution in [1.82, 2.24) is 0 Å². The molecule has 2 heteroatoms. The summed E-state index contributed by atoms with van der Waals surface area (Å²) in [5, 5.41) is 0. The Morgan fingerprint density at radius 1 is 0.947 bits per heavy atom. The molecule has 1 nitrogen and oxygen atoms in total. The predicted molar refractivity (Wildman–Crippen MR) is 84.0 cm³/mol. The lowest BCUT2D eigenvalue weighted by atomic mass is 10.1. The molecule has 0 aliphatic rings. The van der Waals surface area contributed by atoms with Crippen molar-refractivity contribution in [3.05, 3.63) is 58.7 Å². The summed E-state index contributed by atoms with van der Waals surface area (Å²) in [6, 6.07) is 13.3. The van der Waals surface area contributed by atoms with E-state index >= 15 is 0 Å². The van der Waals surface area contributed by atoms with Crippen molar-refractivity contribution in [1.29, 1.82) is 0 Å². The smallest absolute Gasteiger partial charge is 0.0151 e. The number of hydrogen-bond donors (Lipinski definition) is 1. The maximum Gasteiger partial charge on any atom is 0.0151 e. The second kappa shape index (κ2) is 6.27. The van der Waals surface area contributed by atoms with Gasteiger partial charge in [0.15, 0.2) is 0 Å². The fraction of sp³-hybridized carbons (Fsp3) is 0.294. The lowest BCUT2D eigenvalue weighted by Crippen LogP contribution is -2.03. The van der Waals surface area contributed by atoms with Crippen LogP contribution in [0.1, 0.15) is 22.3 Å². The first-order valence-corrected chi connectivity index (χ1v) is 7.46. The third-order valence-corrected chi connectivity index (χ3v) is 4.45. The number of benzene rings is 2. The minimum Gasteiger partial charge on any atom is -0.330 e. The minimum atomic E-state index is 0.713. The van der Waals surface area contributed by atoms with E-state index in [1.54, 1.807) is 0 Å². The Labute approximate surface area is 120 Å². The summed E-state index contributed by atoms with van der Waals surface area (Å²) < 4.78 is 0. The second-order valence-corrected chi connectivity index (χ2v) is 6.11. The number of rotatable bonds is 4. The zero-order valence-electron chi connectivity index (χ0n) is 11.9. The Balaban J connectivity index is 2.21. The lowest BCUT2D eigenvalue weighted by Gasteiger charge is -2.09. The van der Waals surface area contributed by atoms with Crippen LogP contribution in [0.2, 0.25) is 0 Å². The van der Waals surface area contributed by atoms with Gasteiger partial charge in [-0.05, 0) is 68.6 Å². The lowest BCUT2D eigenvalue weighted by molar-refractivity contribution is 0.954. The SMILES string of the molecule is Cc1ccc(Sc2ccc(CCN)c(C)c2)c(C)c1. The van der Waals surface area contributed by atoms with E-state index in [2.05, 4.69) is 57.2 Å². The largest absolute Gasteiger partial charge is 0.330 e. The summed E-state index contributed by atoms with van der Waals surface area (Å²) in [6.45, 7) is 7.18. The molecule has 2 rings (SSSR count). The van der Waals surface area contributed by atoms with Crippen LogP contribution in [-0.4, -0.2) is 6.54 Å². The molecule has 2 aromatic rings. The van der Waals surface area contributed by atoms with Gasteiger partial charge in [-0.15, -0.1) is 0 Å². The number of aryl methyl sites for hydroxylation is 3. The van der Waals surface area contributed by atoms with Crippen LogP contribution in [-0.2, 0) is 6.42 Å². The molecule has 0 atom stereocenters. The molecule has 0 aliphatic carbocycles. The van der Waals surface area contributed by atoms with E-state index in [-0.39, 0.29) is 0 Å². The van der Waals surface area contributed by atoms with Crippen LogP contribution in [0.3, 0.4) is 0 Å². The van der Waals surface area contributed by atoms with Crippen molar-refractivity contribution in [2.75, 3.05) is 6.54 Å². The van der Waals surface area contributed by atoms with Crippen molar-refractivity contribution < 1.29 is 0 Å². The zero-order valence-corrected chi connectivity index (χ0v) is 12.7. The van der Waals surface area contributed by atoms with Gasteiger partial charge in [-0.3, -0.25) is 0 Å². The first kappa shape index (κ1) is 14.2. The quantitative estimate of drug-likeness (QED) is 0.899. The van der Waals surface area contributed by atoms with Crippen molar-refractivity contribution in [2.24, 2.45) is 5.73 Å². The number of hydrogen-bond acceptors (Lipinski definition) is 2. The minimum absolute atomic E-state index is 0.713. The fourth-order valence-corrected chi connectivity index (χ4v) is 3.19. The molecule has 0 spiro atoms. The highest BCUT2D eigenvalue weighted by Crippen LogP contribution is 2.31. The molecule has 0 aliphatic heterocycles. The summed E-state index contributed by atoms with van der Waals surface area (Å²) in [6.07, 6.45) is 0.959. The Hall–Kier alpha value is -1.25. The van der Waals surface area contributed by atoms with Crippen LogP contribution in [0.4, 0.5) is 0 Å². The van der Waals surface area contributed by atoms with Gasteiger partial charge >= 0.3 is 0 Å². The van der Waals surface area contributed by atoms with Gasteiger partial charge < -0.3 is 5.73 Å². The standard InChI is InChI=1S/C17H21NS/c1-12-4-7-17(14(3)10-12)19-16-6-5-15(8-9-18)13(2)11-16/h4-7,10-11H,8-9,18H2,1-3H3. The molecule has 2 aromatic carbocycles. The molecule has 0 bridgehead atoms. The normalized spacial score (nSPS) is 10.7. The first-order chi connectivity index (χ1) is 9.10.